The van der Waals surface area contributed by atoms with E-state index in [-0.39, 0.29) is 6.04 Å². The summed E-state index contributed by atoms with van der Waals surface area (Å²) in [4.78, 5) is 0. The van der Waals surface area contributed by atoms with Crippen LogP contribution in [0.4, 0.5) is 11.4 Å². The summed E-state index contributed by atoms with van der Waals surface area (Å²) in [5.41, 5.74) is 8.62. The Morgan fingerprint density at radius 3 is 2.62 bits per heavy atom. The third-order valence-electron chi connectivity index (χ3n) is 3.59. The van der Waals surface area contributed by atoms with Gasteiger partial charge in [0.1, 0.15) is 12.4 Å². The highest BCUT2D eigenvalue weighted by Gasteiger charge is 2.24. The molecule has 2 aromatic carbocycles. The largest absolute Gasteiger partial charge is 0.493 e. The summed E-state index contributed by atoms with van der Waals surface area (Å²) in [5, 5.41) is 3.41. The molecule has 1 unspecified atom stereocenters. The van der Waals surface area contributed by atoms with Crippen LogP contribution < -0.4 is 25.3 Å². The molecule has 0 aliphatic carbocycles. The molecule has 0 saturated heterocycles. The molecule has 3 rings (SSSR count). The van der Waals surface area contributed by atoms with E-state index in [1.54, 1.807) is 20.3 Å². The van der Waals surface area contributed by atoms with Gasteiger partial charge in [0, 0.05) is 17.7 Å². The molecular weight excluding hydrogens is 268 g/mol. The lowest BCUT2D eigenvalue weighted by molar-refractivity contribution is 0.339. The van der Waals surface area contributed by atoms with Crippen molar-refractivity contribution in [1.29, 1.82) is 0 Å². The van der Waals surface area contributed by atoms with E-state index in [1.165, 1.54) is 0 Å². The SMILES string of the molecule is COc1cc(N)c(NC2COc3ccccc32)cc1OC. The average molecular weight is 286 g/mol. The Morgan fingerprint density at radius 1 is 1.14 bits per heavy atom. The molecule has 0 fully saturated rings. The van der Waals surface area contributed by atoms with Crippen LogP contribution in [-0.4, -0.2) is 20.8 Å². The lowest BCUT2D eigenvalue weighted by atomic mass is 10.1. The molecular formula is C16H18N2O3. The summed E-state index contributed by atoms with van der Waals surface area (Å²) in [6.45, 7) is 0.577. The molecule has 1 aliphatic heterocycles. The highest BCUT2D eigenvalue weighted by Crippen LogP contribution is 2.39. The molecule has 0 spiro atoms. The van der Waals surface area contributed by atoms with Crippen LogP contribution in [-0.2, 0) is 0 Å². The predicted molar refractivity (Wildman–Crippen MR) is 82.3 cm³/mol. The van der Waals surface area contributed by atoms with Crippen molar-refractivity contribution in [2.24, 2.45) is 0 Å². The third kappa shape index (κ3) is 2.42. The van der Waals surface area contributed by atoms with E-state index in [0.29, 0.717) is 23.8 Å². The van der Waals surface area contributed by atoms with E-state index in [0.717, 1.165) is 17.0 Å². The van der Waals surface area contributed by atoms with Crippen LogP contribution in [0.3, 0.4) is 0 Å². The van der Waals surface area contributed by atoms with E-state index in [1.807, 2.05) is 24.3 Å². The van der Waals surface area contributed by atoms with Crippen molar-refractivity contribution in [2.75, 3.05) is 31.9 Å². The maximum Gasteiger partial charge on any atom is 0.162 e. The van der Waals surface area contributed by atoms with E-state index in [9.17, 15) is 0 Å². The Kier molecular flexibility index (Phi) is 3.48. The minimum absolute atomic E-state index is 0.0709. The summed E-state index contributed by atoms with van der Waals surface area (Å²) in [5.74, 6) is 2.17. The maximum absolute atomic E-state index is 6.08. The number of benzene rings is 2. The Balaban J connectivity index is 1.89. The van der Waals surface area contributed by atoms with E-state index < -0.39 is 0 Å². The molecule has 110 valence electrons. The molecule has 0 radical (unpaired) electrons. The van der Waals surface area contributed by atoms with Crippen molar-refractivity contribution in [1.82, 2.24) is 0 Å². The van der Waals surface area contributed by atoms with Crippen LogP contribution in [0.25, 0.3) is 0 Å². The maximum atomic E-state index is 6.08. The number of fused-ring (bicyclic) bond motifs is 1. The van der Waals surface area contributed by atoms with Crippen molar-refractivity contribution in [3.63, 3.8) is 0 Å². The smallest absolute Gasteiger partial charge is 0.162 e. The van der Waals surface area contributed by atoms with Gasteiger partial charge in [0.15, 0.2) is 11.5 Å². The number of nitrogen functional groups attached to an aromatic ring is 1. The summed E-state index contributed by atoms with van der Waals surface area (Å²) < 4.78 is 16.2. The fourth-order valence-electron chi connectivity index (χ4n) is 2.49. The first kappa shape index (κ1) is 13.4. The van der Waals surface area contributed by atoms with Crippen molar-refractivity contribution in [2.45, 2.75) is 6.04 Å². The van der Waals surface area contributed by atoms with E-state index >= 15 is 0 Å². The minimum Gasteiger partial charge on any atom is -0.493 e. The van der Waals surface area contributed by atoms with Gasteiger partial charge in [-0.3, -0.25) is 0 Å². The first-order valence-corrected chi connectivity index (χ1v) is 6.72. The first-order chi connectivity index (χ1) is 10.2. The number of rotatable bonds is 4. The standard InChI is InChI=1S/C16H18N2O3/c1-19-15-7-11(17)12(8-16(15)20-2)18-13-9-21-14-6-4-3-5-10(13)14/h3-8,13,18H,9,17H2,1-2H3. The van der Waals surface area contributed by atoms with Gasteiger partial charge in [-0.25, -0.2) is 0 Å². The Labute approximate surface area is 123 Å². The summed E-state index contributed by atoms with van der Waals surface area (Å²) >= 11 is 0. The zero-order valence-corrected chi connectivity index (χ0v) is 12.1. The molecule has 1 atom stereocenters. The number of ether oxygens (including phenoxy) is 3. The number of anilines is 2. The monoisotopic (exact) mass is 286 g/mol. The van der Waals surface area contributed by atoms with Gasteiger partial charge in [-0.1, -0.05) is 18.2 Å². The van der Waals surface area contributed by atoms with Crippen molar-refractivity contribution >= 4 is 11.4 Å². The molecule has 2 aromatic rings. The van der Waals surface area contributed by atoms with Gasteiger partial charge in [-0.2, -0.15) is 0 Å². The zero-order valence-electron chi connectivity index (χ0n) is 12.1. The second-order valence-corrected chi connectivity index (χ2v) is 4.84. The second-order valence-electron chi connectivity index (χ2n) is 4.84. The molecule has 0 saturated carbocycles. The van der Waals surface area contributed by atoms with Crippen LogP contribution in [0.5, 0.6) is 17.2 Å². The molecule has 5 heteroatoms. The summed E-state index contributed by atoms with van der Waals surface area (Å²) in [6, 6.07) is 11.7. The van der Waals surface area contributed by atoms with Crippen LogP contribution in [0.15, 0.2) is 36.4 Å². The molecule has 1 aliphatic rings. The highest BCUT2D eigenvalue weighted by molar-refractivity contribution is 5.72. The minimum atomic E-state index is 0.0709. The number of nitrogens with one attached hydrogen (secondary N) is 1. The predicted octanol–water partition coefficient (Wildman–Crippen LogP) is 2.83. The normalized spacial score (nSPS) is 16.0. The molecule has 21 heavy (non-hydrogen) atoms. The van der Waals surface area contributed by atoms with Crippen LogP contribution in [0.1, 0.15) is 11.6 Å². The Morgan fingerprint density at radius 2 is 1.86 bits per heavy atom. The number of para-hydroxylation sites is 1. The fourth-order valence-corrected chi connectivity index (χ4v) is 2.49. The fraction of sp³-hybridized carbons (Fsp3) is 0.250. The van der Waals surface area contributed by atoms with Gasteiger partial charge in [-0.05, 0) is 6.07 Å². The Hall–Kier alpha value is -2.56. The molecule has 3 N–H and O–H groups in total. The lowest BCUT2D eigenvalue weighted by Gasteiger charge is -2.17. The van der Waals surface area contributed by atoms with Gasteiger partial charge in [-0.15, -0.1) is 0 Å². The molecule has 5 nitrogen and oxygen atoms in total. The zero-order chi connectivity index (χ0) is 14.8. The Bertz CT molecular complexity index is 658. The molecule has 0 amide bonds. The van der Waals surface area contributed by atoms with Gasteiger partial charge < -0.3 is 25.3 Å². The first-order valence-electron chi connectivity index (χ1n) is 6.72. The molecule has 1 heterocycles. The topological polar surface area (TPSA) is 65.7 Å². The number of methoxy groups -OCH3 is 2. The van der Waals surface area contributed by atoms with Gasteiger partial charge in [0.2, 0.25) is 0 Å². The second kappa shape index (κ2) is 5.44. The quantitative estimate of drug-likeness (QED) is 0.846. The lowest BCUT2D eigenvalue weighted by Crippen LogP contribution is -2.13. The van der Waals surface area contributed by atoms with Crippen LogP contribution in [0.2, 0.25) is 0 Å². The number of hydrogen-bond acceptors (Lipinski definition) is 5. The average Bonchev–Trinajstić information content (AvgIpc) is 2.92. The number of nitrogens with two attached hydrogens (primary N) is 1. The molecule has 0 bridgehead atoms. The van der Waals surface area contributed by atoms with Crippen LogP contribution >= 0.6 is 0 Å². The highest BCUT2D eigenvalue weighted by atomic mass is 16.5. The third-order valence-corrected chi connectivity index (χ3v) is 3.59. The van der Waals surface area contributed by atoms with Crippen molar-refractivity contribution < 1.29 is 14.2 Å². The van der Waals surface area contributed by atoms with E-state index in [2.05, 4.69) is 11.4 Å². The van der Waals surface area contributed by atoms with Gasteiger partial charge in [0.05, 0.1) is 31.6 Å². The number of hydrogen-bond donors (Lipinski definition) is 2. The van der Waals surface area contributed by atoms with Crippen molar-refractivity contribution in [3.05, 3.63) is 42.0 Å². The summed E-state index contributed by atoms with van der Waals surface area (Å²) in [7, 11) is 3.19. The van der Waals surface area contributed by atoms with Gasteiger partial charge in [0.25, 0.3) is 0 Å². The van der Waals surface area contributed by atoms with Crippen LogP contribution in [0, 0.1) is 0 Å². The van der Waals surface area contributed by atoms with E-state index in [4.69, 9.17) is 19.9 Å². The van der Waals surface area contributed by atoms with Gasteiger partial charge >= 0.3 is 0 Å². The summed E-state index contributed by atoms with van der Waals surface area (Å²) in [6.07, 6.45) is 0. The van der Waals surface area contributed by atoms with Crippen molar-refractivity contribution in [3.8, 4) is 17.2 Å². The molecule has 0 aromatic heterocycles.